The average Bonchev–Trinajstić information content (AvgIpc) is 2.75. The van der Waals surface area contributed by atoms with Crippen molar-refractivity contribution in [2.24, 2.45) is 5.73 Å². The number of ether oxygens (including phenoxy) is 1. The van der Waals surface area contributed by atoms with E-state index in [0.717, 1.165) is 35.9 Å². The van der Waals surface area contributed by atoms with E-state index in [1.54, 1.807) is 11.3 Å². The van der Waals surface area contributed by atoms with Gasteiger partial charge in [0.25, 0.3) is 0 Å². The van der Waals surface area contributed by atoms with Gasteiger partial charge in [0, 0.05) is 18.0 Å². The van der Waals surface area contributed by atoms with E-state index in [9.17, 15) is 0 Å². The lowest BCUT2D eigenvalue weighted by atomic mass is 10.2. The summed E-state index contributed by atoms with van der Waals surface area (Å²) in [5.74, 6) is 1.08. The van der Waals surface area contributed by atoms with Crippen LogP contribution in [0.2, 0.25) is 0 Å². The highest BCUT2D eigenvalue weighted by atomic mass is 32.2. The minimum absolute atomic E-state index is 0.0728. The van der Waals surface area contributed by atoms with Crippen LogP contribution in [0.3, 0.4) is 0 Å². The van der Waals surface area contributed by atoms with Gasteiger partial charge in [0.1, 0.15) is 5.01 Å². The first-order chi connectivity index (χ1) is 7.77. The standard InChI is InChI=1S/C11H20N2OS2/c1-3-5-14-7-11-13-10(8-16-11)9(12)4-6-15-2/h8-9H,3-7,12H2,1-2H3. The van der Waals surface area contributed by atoms with Gasteiger partial charge in [0.05, 0.1) is 12.3 Å². The van der Waals surface area contributed by atoms with Gasteiger partial charge >= 0.3 is 0 Å². The van der Waals surface area contributed by atoms with Crippen molar-refractivity contribution in [2.45, 2.75) is 32.4 Å². The van der Waals surface area contributed by atoms with Gasteiger partial charge in [-0.1, -0.05) is 6.92 Å². The molecule has 0 fully saturated rings. The summed E-state index contributed by atoms with van der Waals surface area (Å²) in [5.41, 5.74) is 7.05. The van der Waals surface area contributed by atoms with E-state index in [1.807, 2.05) is 11.8 Å². The molecule has 0 aliphatic carbocycles. The summed E-state index contributed by atoms with van der Waals surface area (Å²) in [6.07, 6.45) is 4.13. The molecule has 5 heteroatoms. The molecule has 3 nitrogen and oxygen atoms in total. The van der Waals surface area contributed by atoms with Gasteiger partial charge in [-0.05, 0) is 24.9 Å². The Hall–Kier alpha value is -0.100. The second-order valence-corrected chi connectivity index (χ2v) is 5.53. The number of hydrogen-bond donors (Lipinski definition) is 1. The summed E-state index contributed by atoms with van der Waals surface area (Å²) in [5, 5.41) is 3.08. The molecule has 0 amide bonds. The molecule has 0 aliphatic rings. The Balaban J connectivity index is 2.37. The lowest BCUT2D eigenvalue weighted by Crippen LogP contribution is -2.11. The largest absolute Gasteiger partial charge is 0.374 e. The molecule has 92 valence electrons. The van der Waals surface area contributed by atoms with Crippen molar-refractivity contribution in [3.05, 3.63) is 16.1 Å². The third-order valence-electron chi connectivity index (χ3n) is 2.16. The molecule has 0 spiro atoms. The summed E-state index contributed by atoms with van der Waals surface area (Å²) in [4.78, 5) is 4.49. The van der Waals surface area contributed by atoms with Crippen LogP contribution in [0.1, 0.15) is 36.5 Å². The zero-order chi connectivity index (χ0) is 11.8. The van der Waals surface area contributed by atoms with Crippen LogP contribution in [0.25, 0.3) is 0 Å². The zero-order valence-electron chi connectivity index (χ0n) is 9.94. The van der Waals surface area contributed by atoms with Crippen LogP contribution < -0.4 is 5.73 Å². The van der Waals surface area contributed by atoms with Crippen molar-refractivity contribution in [3.8, 4) is 0 Å². The van der Waals surface area contributed by atoms with Gasteiger partial charge in [0.2, 0.25) is 0 Å². The predicted molar refractivity (Wildman–Crippen MR) is 72.0 cm³/mol. The Kier molecular flexibility index (Phi) is 7.03. The third-order valence-corrected chi connectivity index (χ3v) is 3.64. The first-order valence-corrected chi connectivity index (χ1v) is 7.81. The Bertz CT molecular complexity index is 291. The van der Waals surface area contributed by atoms with Crippen LogP contribution in [0, 0.1) is 0 Å². The lowest BCUT2D eigenvalue weighted by molar-refractivity contribution is 0.121. The molecule has 1 aromatic heterocycles. The molecule has 0 saturated carbocycles. The molecule has 0 bridgehead atoms. The molecular formula is C11H20N2OS2. The fraction of sp³-hybridized carbons (Fsp3) is 0.727. The normalized spacial score (nSPS) is 12.9. The summed E-state index contributed by atoms with van der Waals surface area (Å²) >= 11 is 3.46. The van der Waals surface area contributed by atoms with Crippen molar-refractivity contribution < 1.29 is 4.74 Å². The highest BCUT2D eigenvalue weighted by Gasteiger charge is 2.10. The number of thioether (sulfide) groups is 1. The highest BCUT2D eigenvalue weighted by molar-refractivity contribution is 7.98. The Morgan fingerprint density at radius 1 is 1.62 bits per heavy atom. The van der Waals surface area contributed by atoms with E-state index in [4.69, 9.17) is 10.5 Å². The Morgan fingerprint density at radius 2 is 2.44 bits per heavy atom. The number of thiazole rings is 1. The van der Waals surface area contributed by atoms with Crippen LogP contribution >= 0.6 is 23.1 Å². The van der Waals surface area contributed by atoms with Crippen LogP contribution in [0.15, 0.2) is 5.38 Å². The monoisotopic (exact) mass is 260 g/mol. The van der Waals surface area contributed by atoms with Crippen LogP contribution in [-0.4, -0.2) is 23.6 Å². The summed E-state index contributed by atoms with van der Waals surface area (Å²) < 4.78 is 5.45. The molecule has 0 aliphatic heterocycles. The van der Waals surface area contributed by atoms with Crippen molar-refractivity contribution in [3.63, 3.8) is 0 Å². The molecule has 16 heavy (non-hydrogen) atoms. The molecule has 1 atom stereocenters. The van der Waals surface area contributed by atoms with Crippen molar-refractivity contribution in [1.82, 2.24) is 4.98 Å². The molecule has 1 aromatic rings. The number of nitrogens with zero attached hydrogens (tertiary/aromatic N) is 1. The summed E-state index contributed by atoms with van der Waals surface area (Å²) in [7, 11) is 0. The summed E-state index contributed by atoms with van der Waals surface area (Å²) in [6.45, 7) is 3.52. The van der Waals surface area contributed by atoms with E-state index >= 15 is 0 Å². The smallest absolute Gasteiger partial charge is 0.119 e. The van der Waals surface area contributed by atoms with Crippen LogP contribution in [-0.2, 0) is 11.3 Å². The van der Waals surface area contributed by atoms with E-state index in [-0.39, 0.29) is 6.04 Å². The van der Waals surface area contributed by atoms with E-state index in [2.05, 4.69) is 23.5 Å². The Labute approximate surface area is 106 Å². The maximum atomic E-state index is 6.04. The minimum atomic E-state index is 0.0728. The van der Waals surface area contributed by atoms with Crippen molar-refractivity contribution in [2.75, 3.05) is 18.6 Å². The average molecular weight is 260 g/mol. The topological polar surface area (TPSA) is 48.1 Å². The third kappa shape index (κ3) is 4.82. The molecule has 0 aromatic carbocycles. The highest BCUT2D eigenvalue weighted by Crippen LogP contribution is 2.19. The second kappa shape index (κ2) is 8.06. The van der Waals surface area contributed by atoms with Gasteiger partial charge < -0.3 is 10.5 Å². The molecular weight excluding hydrogens is 240 g/mol. The van der Waals surface area contributed by atoms with Gasteiger partial charge in [0.15, 0.2) is 0 Å². The number of aromatic nitrogens is 1. The maximum Gasteiger partial charge on any atom is 0.119 e. The fourth-order valence-electron chi connectivity index (χ4n) is 1.26. The number of rotatable bonds is 8. The van der Waals surface area contributed by atoms with Gasteiger partial charge in [-0.25, -0.2) is 4.98 Å². The lowest BCUT2D eigenvalue weighted by Gasteiger charge is -2.06. The maximum absolute atomic E-state index is 6.04. The number of hydrogen-bond acceptors (Lipinski definition) is 5. The van der Waals surface area contributed by atoms with Crippen LogP contribution in [0.4, 0.5) is 0 Å². The van der Waals surface area contributed by atoms with Crippen molar-refractivity contribution in [1.29, 1.82) is 0 Å². The number of nitrogens with two attached hydrogens (primary N) is 1. The van der Waals surface area contributed by atoms with E-state index in [0.29, 0.717) is 6.61 Å². The molecule has 0 saturated heterocycles. The van der Waals surface area contributed by atoms with Crippen LogP contribution in [0.5, 0.6) is 0 Å². The quantitative estimate of drug-likeness (QED) is 0.730. The minimum Gasteiger partial charge on any atom is -0.374 e. The van der Waals surface area contributed by atoms with Gasteiger partial charge in [-0.15, -0.1) is 11.3 Å². The zero-order valence-corrected chi connectivity index (χ0v) is 11.6. The second-order valence-electron chi connectivity index (χ2n) is 3.61. The first-order valence-electron chi connectivity index (χ1n) is 5.54. The first kappa shape index (κ1) is 14.0. The van der Waals surface area contributed by atoms with E-state index in [1.165, 1.54) is 0 Å². The fourth-order valence-corrected chi connectivity index (χ4v) is 2.54. The van der Waals surface area contributed by atoms with Gasteiger partial charge in [-0.3, -0.25) is 0 Å². The SMILES string of the molecule is CCCOCc1nc(C(N)CCSC)cs1. The molecule has 1 unspecified atom stereocenters. The van der Waals surface area contributed by atoms with Gasteiger partial charge in [-0.2, -0.15) is 11.8 Å². The molecule has 1 heterocycles. The molecule has 1 rings (SSSR count). The summed E-state index contributed by atoms with van der Waals surface area (Å²) in [6, 6.07) is 0.0728. The molecule has 0 radical (unpaired) electrons. The predicted octanol–water partition coefficient (Wildman–Crippen LogP) is 2.82. The molecule has 2 N–H and O–H groups in total. The van der Waals surface area contributed by atoms with E-state index < -0.39 is 0 Å². The Morgan fingerprint density at radius 3 is 3.12 bits per heavy atom. The van der Waals surface area contributed by atoms with Crippen molar-refractivity contribution >= 4 is 23.1 Å².